The summed E-state index contributed by atoms with van der Waals surface area (Å²) in [5.41, 5.74) is 6.06. The molecule has 0 radical (unpaired) electrons. The van der Waals surface area contributed by atoms with Gasteiger partial charge >= 0.3 is 0 Å². The van der Waals surface area contributed by atoms with Crippen LogP contribution in [0, 0.1) is 11.7 Å². The number of carbonyl (C=O) groups excluding carboxylic acids is 1. The molecule has 0 aromatic heterocycles. The van der Waals surface area contributed by atoms with E-state index in [0.29, 0.717) is 12.8 Å². The highest BCUT2D eigenvalue weighted by Gasteiger charge is 2.31. The SMILES string of the molecule is NC1CCC(C(=O)Nc2ccc(F)c(S(=O)(=O)NC3CC3)c2)C1. The topological polar surface area (TPSA) is 101 Å². The minimum absolute atomic E-state index is 0.0256. The second-order valence-corrected chi connectivity index (χ2v) is 7.98. The lowest BCUT2D eigenvalue weighted by molar-refractivity contribution is -0.119. The molecule has 2 aliphatic rings. The van der Waals surface area contributed by atoms with Gasteiger partial charge in [0.05, 0.1) is 0 Å². The van der Waals surface area contributed by atoms with Gasteiger partial charge in [-0.05, 0) is 50.3 Å². The molecule has 3 rings (SSSR count). The number of hydrogen-bond acceptors (Lipinski definition) is 4. The van der Waals surface area contributed by atoms with Crippen LogP contribution in [0.1, 0.15) is 32.1 Å². The summed E-state index contributed by atoms with van der Waals surface area (Å²) in [6.07, 6.45) is 3.65. The van der Waals surface area contributed by atoms with Crippen LogP contribution in [-0.4, -0.2) is 26.4 Å². The van der Waals surface area contributed by atoms with E-state index in [-0.39, 0.29) is 29.6 Å². The smallest absolute Gasteiger partial charge is 0.243 e. The summed E-state index contributed by atoms with van der Waals surface area (Å²) in [4.78, 5) is 11.7. The van der Waals surface area contributed by atoms with Crippen LogP contribution < -0.4 is 15.8 Å². The predicted octanol–water partition coefficient (Wildman–Crippen LogP) is 1.33. The maximum Gasteiger partial charge on any atom is 0.243 e. The lowest BCUT2D eigenvalue weighted by Gasteiger charge is -2.13. The normalized spacial score (nSPS) is 24.6. The lowest BCUT2D eigenvalue weighted by atomic mass is 10.1. The van der Waals surface area contributed by atoms with Gasteiger partial charge in [-0.15, -0.1) is 0 Å². The monoisotopic (exact) mass is 341 g/mol. The molecule has 0 spiro atoms. The van der Waals surface area contributed by atoms with Crippen LogP contribution >= 0.6 is 0 Å². The molecule has 2 saturated carbocycles. The highest BCUT2D eigenvalue weighted by atomic mass is 32.2. The van der Waals surface area contributed by atoms with Crippen LogP contribution in [-0.2, 0) is 14.8 Å². The molecular formula is C15H20FN3O3S. The molecule has 2 atom stereocenters. The van der Waals surface area contributed by atoms with Crippen molar-refractivity contribution in [2.45, 2.75) is 49.1 Å². The molecule has 1 amide bonds. The van der Waals surface area contributed by atoms with Gasteiger partial charge in [0, 0.05) is 23.7 Å². The van der Waals surface area contributed by atoms with E-state index in [0.717, 1.165) is 31.4 Å². The van der Waals surface area contributed by atoms with Gasteiger partial charge in [0.1, 0.15) is 10.7 Å². The van der Waals surface area contributed by atoms with Crippen LogP contribution in [0.3, 0.4) is 0 Å². The zero-order chi connectivity index (χ0) is 16.6. The van der Waals surface area contributed by atoms with Gasteiger partial charge in [0.2, 0.25) is 15.9 Å². The Morgan fingerprint density at radius 3 is 2.57 bits per heavy atom. The largest absolute Gasteiger partial charge is 0.328 e. The Morgan fingerprint density at radius 1 is 1.22 bits per heavy atom. The fraction of sp³-hybridized carbons (Fsp3) is 0.533. The first-order valence-corrected chi connectivity index (χ1v) is 9.22. The number of sulfonamides is 1. The van der Waals surface area contributed by atoms with Crippen LogP contribution in [0.25, 0.3) is 0 Å². The standard InChI is InChI=1S/C15H20FN3O3S/c16-13-6-5-12(18-15(20)9-1-2-10(17)7-9)8-14(13)23(21,22)19-11-3-4-11/h5-6,8-11,19H,1-4,7,17H2,(H,18,20). The van der Waals surface area contributed by atoms with E-state index in [1.165, 1.54) is 6.07 Å². The molecule has 8 heteroatoms. The molecule has 23 heavy (non-hydrogen) atoms. The van der Waals surface area contributed by atoms with Crippen LogP contribution in [0.4, 0.5) is 10.1 Å². The fourth-order valence-corrected chi connectivity index (χ4v) is 4.18. The van der Waals surface area contributed by atoms with E-state index in [4.69, 9.17) is 5.73 Å². The first-order chi connectivity index (χ1) is 10.8. The van der Waals surface area contributed by atoms with Gasteiger partial charge in [0.25, 0.3) is 0 Å². The maximum absolute atomic E-state index is 13.9. The van der Waals surface area contributed by atoms with E-state index in [9.17, 15) is 17.6 Å². The second kappa shape index (κ2) is 6.18. The second-order valence-electron chi connectivity index (χ2n) is 6.30. The third kappa shape index (κ3) is 3.88. The molecule has 126 valence electrons. The van der Waals surface area contributed by atoms with Gasteiger partial charge < -0.3 is 11.1 Å². The number of benzene rings is 1. The zero-order valence-electron chi connectivity index (χ0n) is 12.6. The van der Waals surface area contributed by atoms with E-state index >= 15 is 0 Å². The molecule has 0 aliphatic heterocycles. The number of amides is 1. The molecule has 2 fully saturated rings. The molecule has 6 nitrogen and oxygen atoms in total. The highest BCUT2D eigenvalue weighted by molar-refractivity contribution is 7.89. The van der Waals surface area contributed by atoms with Gasteiger partial charge in [-0.3, -0.25) is 4.79 Å². The van der Waals surface area contributed by atoms with E-state index < -0.39 is 20.7 Å². The van der Waals surface area contributed by atoms with Crippen molar-refractivity contribution in [2.75, 3.05) is 5.32 Å². The van der Waals surface area contributed by atoms with Crippen LogP contribution in [0.2, 0.25) is 0 Å². The summed E-state index contributed by atoms with van der Waals surface area (Å²) in [5, 5.41) is 2.66. The quantitative estimate of drug-likeness (QED) is 0.752. The Balaban J connectivity index is 1.76. The Bertz CT molecular complexity index is 719. The first kappa shape index (κ1) is 16.4. The minimum Gasteiger partial charge on any atom is -0.328 e. The van der Waals surface area contributed by atoms with Crippen molar-refractivity contribution >= 4 is 21.6 Å². The van der Waals surface area contributed by atoms with Crippen molar-refractivity contribution in [2.24, 2.45) is 11.7 Å². The number of rotatable bonds is 5. The van der Waals surface area contributed by atoms with Gasteiger partial charge in [-0.1, -0.05) is 0 Å². The number of nitrogens with two attached hydrogens (primary N) is 1. The van der Waals surface area contributed by atoms with Crippen molar-refractivity contribution < 1.29 is 17.6 Å². The molecule has 2 aliphatic carbocycles. The maximum atomic E-state index is 13.9. The third-order valence-electron chi connectivity index (χ3n) is 4.23. The summed E-state index contributed by atoms with van der Waals surface area (Å²) in [5.74, 6) is -1.22. The van der Waals surface area contributed by atoms with Crippen LogP contribution in [0.5, 0.6) is 0 Å². The van der Waals surface area contributed by atoms with E-state index in [2.05, 4.69) is 10.0 Å². The zero-order valence-corrected chi connectivity index (χ0v) is 13.4. The Labute approximate surface area is 134 Å². The lowest BCUT2D eigenvalue weighted by Crippen LogP contribution is -2.27. The Hall–Kier alpha value is -1.51. The summed E-state index contributed by atoms with van der Waals surface area (Å²) >= 11 is 0. The third-order valence-corrected chi connectivity index (χ3v) is 5.77. The van der Waals surface area contributed by atoms with Gasteiger partial charge in [0.15, 0.2) is 0 Å². The van der Waals surface area contributed by atoms with E-state index in [1.54, 1.807) is 0 Å². The van der Waals surface area contributed by atoms with Crippen molar-refractivity contribution in [1.29, 1.82) is 0 Å². The van der Waals surface area contributed by atoms with Crippen molar-refractivity contribution in [3.05, 3.63) is 24.0 Å². The highest BCUT2D eigenvalue weighted by Crippen LogP contribution is 2.27. The Kier molecular flexibility index (Phi) is 4.39. The van der Waals surface area contributed by atoms with Crippen LogP contribution in [0.15, 0.2) is 23.1 Å². The number of anilines is 1. The Morgan fingerprint density at radius 2 is 1.96 bits per heavy atom. The average Bonchev–Trinajstić information content (AvgIpc) is 3.17. The summed E-state index contributed by atoms with van der Waals surface area (Å²) < 4.78 is 40.6. The fourth-order valence-electron chi connectivity index (χ4n) is 2.77. The summed E-state index contributed by atoms with van der Waals surface area (Å²) in [6, 6.07) is 3.48. The van der Waals surface area contributed by atoms with E-state index in [1.807, 2.05) is 0 Å². The molecule has 1 aromatic rings. The number of halogens is 1. The molecule has 0 bridgehead atoms. The first-order valence-electron chi connectivity index (χ1n) is 7.73. The van der Waals surface area contributed by atoms with Gasteiger partial charge in [-0.25, -0.2) is 17.5 Å². The average molecular weight is 341 g/mol. The minimum atomic E-state index is -3.91. The molecule has 4 N–H and O–H groups in total. The van der Waals surface area contributed by atoms with Crippen molar-refractivity contribution in [3.63, 3.8) is 0 Å². The summed E-state index contributed by atoms with van der Waals surface area (Å²) in [6.45, 7) is 0. The molecule has 2 unspecified atom stereocenters. The molecule has 0 heterocycles. The van der Waals surface area contributed by atoms with Gasteiger partial charge in [-0.2, -0.15) is 0 Å². The number of carbonyl (C=O) groups is 1. The molecule has 1 aromatic carbocycles. The van der Waals surface area contributed by atoms with Crippen molar-refractivity contribution in [3.8, 4) is 0 Å². The number of nitrogens with one attached hydrogen (secondary N) is 2. The van der Waals surface area contributed by atoms with Crippen molar-refractivity contribution in [1.82, 2.24) is 4.72 Å². The predicted molar refractivity (Wildman–Crippen MR) is 83.7 cm³/mol. The molecule has 0 saturated heterocycles. The number of hydrogen-bond donors (Lipinski definition) is 3. The molecular weight excluding hydrogens is 321 g/mol. The summed E-state index contributed by atoms with van der Waals surface area (Å²) in [7, 11) is -3.91.